The maximum Gasteiger partial charge on any atom is 0.273 e. The van der Waals surface area contributed by atoms with Crippen molar-refractivity contribution in [1.29, 1.82) is 0 Å². The highest BCUT2D eigenvalue weighted by atomic mass is 16.3. The molecule has 0 aliphatic carbocycles. The number of nitrogens with zero attached hydrogens (tertiary/aromatic N) is 4. The smallest absolute Gasteiger partial charge is 0.273 e. The van der Waals surface area contributed by atoms with E-state index >= 15 is 0 Å². The molecule has 1 amide bonds. The molecule has 0 radical (unpaired) electrons. The number of aromatic nitrogens is 2. The Bertz CT molecular complexity index is 415. The molecule has 0 saturated carbocycles. The van der Waals surface area contributed by atoms with Crippen LogP contribution in [0.4, 0.5) is 5.82 Å². The second kappa shape index (κ2) is 5.30. The van der Waals surface area contributed by atoms with Crippen LogP contribution in [0.1, 0.15) is 24.3 Å². The van der Waals surface area contributed by atoms with E-state index in [1.807, 2.05) is 25.8 Å². The first-order valence-electron chi connectivity index (χ1n) is 5.69. The van der Waals surface area contributed by atoms with Crippen molar-refractivity contribution in [1.82, 2.24) is 15.1 Å². The van der Waals surface area contributed by atoms with Crippen LogP contribution in [0.5, 0.6) is 0 Å². The van der Waals surface area contributed by atoms with E-state index in [4.69, 9.17) is 0 Å². The molecule has 1 N–H and O–H groups in total. The number of anilines is 1. The fraction of sp³-hybridized carbons (Fsp3) is 0.583. The molecule has 0 aliphatic heterocycles. The Balaban J connectivity index is 2.93. The molecule has 1 aromatic heterocycles. The van der Waals surface area contributed by atoms with Crippen LogP contribution in [0, 0.1) is 0 Å². The number of carbonyl (C=O) groups excluding carboxylic acids is 1. The molecule has 0 spiro atoms. The molecule has 0 atom stereocenters. The van der Waals surface area contributed by atoms with Crippen LogP contribution in [0.3, 0.4) is 0 Å². The van der Waals surface area contributed by atoms with Gasteiger partial charge in [-0.05, 0) is 26.0 Å². The average molecular weight is 252 g/mol. The molecule has 0 saturated heterocycles. The molecule has 6 heteroatoms. The Kier molecular flexibility index (Phi) is 4.24. The van der Waals surface area contributed by atoms with Crippen molar-refractivity contribution in [3.05, 3.63) is 17.8 Å². The van der Waals surface area contributed by atoms with Crippen LogP contribution in [-0.2, 0) is 0 Å². The summed E-state index contributed by atoms with van der Waals surface area (Å²) >= 11 is 0. The summed E-state index contributed by atoms with van der Waals surface area (Å²) in [5.41, 5.74) is -0.124. The normalized spacial score (nSPS) is 11.2. The number of carbonyl (C=O) groups is 1. The fourth-order valence-corrected chi connectivity index (χ4v) is 1.26. The first-order valence-corrected chi connectivity index (χ1v) is 5.69. The van der Waals surface area contributed by atoms with Gasteiger partial charge in [-0.2, -0.15) is 0 Å². The van der Waals surface area contributed by atoms with Crippen molar-refractivity contribution < 1.29 is 9.90 Å². The van der Waals surface area contributed by atoms with E-state index in [1.165, 1.54) is 4.90 Å². The van der Waals surface area contributed by atoms with Gasteiger partial charge in [-0.25, -0.2) is 0 Å². The number of hydrogen-bond donors (Lipinski definition) is 1. The molecule has 0 aliphatic rings. The summed E-state index contributed by atoms with van der Waals surface area (Å²) in [6, 6.07) is 3.36. The molecule has 0 fully saturated rings. The number of aliphatic hydroxyl groups is 1. The number of hydrogen-bond acceptors (Lipinski definition) is 5. The van der Waals surface area contributed by atoms with Gasteiger partial charge in [-0.15, -0.1) is 10.2 Å². The molecule has 6 nitrogen and oxygen atoms in total. The minimum atomic E-state index is -0.429. The minimum Gasteiger partial charge on any atom is -0.394 e. The van der Waals surface area contributed by atoms with Gasteiger partial charge in [-0.1, -0.05) is 0 Å². The van der Waals surface area contributed by atoms with E-state index in [0.717, 1.165) is 0 Å². The van der Waals surface area contributed by atoms with E-state index in [1.54, 1.807) is 26.2 Å². The lowest BCUT2D eigenvalue weighted by atomic mass is 10.1. The third-order valence-electron chi connectivity index (χ3n) is 2.91. The van der Waals surface area contributed by atoms with Gasteiger partial charge in [0.2, 0.25) is 0 Å². The van der Waals surface area contributed by atoms with E-state index < -0.39 is 5.54 Å². The number of amides is 1. The standard InChI is InChI=1S/C12H20N4O2/c1-12(2,8-17)16(5)10-7-6-9(13-14-10)11(18)15(3)4/h6-7,17H,8H2,1-5H3. The summed E-state index contributed by atoms with van der Waals surface area (Å²) in [6.45, 7) is 3.80. The lowest BCUT2D eigenvalue weighted by molar-refractivity contribution is 0.0821. The van der Waals surface area contributed by atoms with Crippen LogP contribution in [0.15, 0.2) is 12.1 Å². The first-order chi connectivity index (χ1) is 8.29. The van der Waals surface area contributed by atoms with Crippen molar-refractivity contribution in [3.8, 4) is 0 Å². The maximum absolute atomic E-state index is 11.6. The minimum absolute atomic E-state index is 0.00353. The largest absolute Gasteiger partial charge is 0.394 e. The Hall–Kier alpha value is -1.69. The van der Waals surface area contributed by atoms with Gasteiger partial charge in [0.15, 0.2) is 11.5 Å². The third kappa shape index (κ3) is 2.95. The van der Waals surface area contributed by atoms with Gasteiger partial charge in [0, 0.05) is 21.1 Å². The zero-order valence-corrected chi connectivity index (χ0v) is 11.5. The Labute approximate surface area is 107 Å². The molecule has 100 valence electrons. The van der Waals surface area contributed by atoms with Crippen LogP contribution in [-0.4, -0.2) is 59.4 Å². The molecule has 1 rings (SSSR count). The van der Waals surface area contributed by atoms with E-state index in [9.17, 15) is 9.90 Å². The molecule has 0 unspecified atom stereocenters. The third-order valence-corrected chi connectivity index (χ3v) is 2.91. The van der Waals surface area contributed by atoms with Gasteiger partial charge in [0.1, 0.15) is 0 Å². The molecular formula is C12H20N4O2. The predicted octanol–water partition coefficient (Wildman–Crippen LogP) is 0.385. The van der Waals surface area contributed by atoms with Crippen LogP contribution >= 0.6 is 0 Å². The monoisotopic (exact) mass is 252 g/mol. The molecule has 18 heavy (non-hydrogen) atoms. The van der Waals surface area contributed by atoms with Gasteiger partial charge in [-0.3, -0.25) is 4.79 Å². The van der Waals surface area contributed by atoms with Crippen molar-refractivity contribution in [2.24, 2.45) is 0 Å². The second-order valence-electron chi connectivity index (χ2n) is 5.01. The number of rotatable bonds is 4. The van der Waals surface area contributed by atoms with Crippen LogP contribution < -0.4 is 4.90 Å². The predicted molar refractivity (Wildman–Crippen MR) is 69.6 cm³/mol. The fourth-order valence-electron chi connectivity index (χ4n) is 1.26. The highest BCUT2D eigenvalue weighted by Gasteiger charge is 2.24. The summed E-state index contributed by atoms with van der Waals surface area (Å²) < 4.78 is 0. The maximum atomic E-state index is 11.6. The number of likely N-dealkylation sites (N-methyl/N-ethyl adjacent to an activating group) is 1. The van der Waals surface area contributed by atoms with Crippen molar-refractivity contribution >= 4 is 11.7 Å². The van der Waals surface area contributed by atoms with Gasteiger partial charge in [0.05, 0.1) is 12.1 Å². The highest BCUT2D eigenvalue weighted by Crippen LogP contribution is 2.18. The summed E-state index contributed by atoms with van der Waals surface area (Å²) in [7, 11) is 5.16. The van der Waals surface area contributed by atoms with Crippen molar-refractivity contribution in [3.63, 3.8) is 0 Å². The Morgan fingerprint density at radius 1 is 1.28 bits per heavy atom. The number of aliphatic hydroxyl groups excluding tert-OH is 1. The molecule has 1 aromatic rings. The Morgan fingerprint density at radius 2 is 1.89 bits per heavy atom. The topological polar surface area (TPSA) is 69.6 Å². The van der Waals surface area contributed by atoms with Crippen LogP contribution in [0.25, 0.3) is 0 Å². The molecule has 0 bridgehead atoms. The summed E-state index contributed by atoms with van der Waals surface area (Å²) in [5, 5.41) is 17.2. The Morgan fingerprint density at radius 3 is 2.28 bits per heavy atom. The van der Waals surface area contributed by atoms with Crippen molar-refractivity contribution in [2.75, 3.05) is 32.6 Å². The quantitative estimate of drug-likeness (QED) is 0.839. The molecular weight excluding hydrogens is 232 g/mol. The van der Waals surface area contributed by atoms with E-state index in [-0.39, 0.29) is 12.5 Å². The van der Waals surface area contributed by atoms with Gasteiger partial charge in [0.25, 0.3) is 5.91 Å². The zero-order valence-electron chi connectivity index (χ0n) is 11.5. The van der Waals surface area contributed by atoms with E-state index in [0.29, 0.717) is 11.5 Å². The highest BCUT2D eigenvalue weighted by molar-refractivity contribution is 5.91. The lowest BCUT2D eigenvalue weighted by Crippen LogP contribution is -2.45. The average Bonchev–Trinajstić information content (AvgIpc) is 2.37. The zero-order chi connectivity index (χ0) is 13.9. The van der Waals surface area contributed by atoms with Crippen LogP contribution in [0.2, 0.25) is 0 Å². The molecule has 0 aromatic carbocycles. The van der Waals surface area contributed by atoms with E-state index in [2.05, 4.69) is 10.2 Å². The second-order valence-corrected chi connectivity index (χ2v) is 5.01. The summed E-state index contributed by atoms with van der Waals surface area (Å²) in [6.07, 6.45) is 0. The summed E-state index contributed by atoms with van der Waals surface area (Å²) in [4.78, 5) is 14.9. The summed E-state index contributed by atoms with van der Waals surface area (Å²) in [5.74, 6) is 0.433. The van der Waals surface area contributed by atoms with Gasteiger partial charge < -0.3 is 14.9 Å². The first kappa shape index (κ1) is 14.4. The lowest BCUT2D eigenvalue weighted by Gasteiger charge is -2.34. The molecule has 1 heterocycles. The van der Waals surface area contributed by atoms with Crippen molar-refractivity contribution in [2.45, 2.75) is 19.4 Å². The van der Waals surface area contributed by atoms with Gasteiger partial charge >= 0.3 is 0 Å². The SMILES string of the molecule is CN(C)C(=O)c1ccc(N(C)C(C)(C)CO)nn1.